The SMILES string of the molecule is COC(=O)c1ccc(CCc2cc(OC)c(OC)cc2CCc2ccc(OC)c(OC)c2)cc1OC. The van der Waals surface area contributed by atoms with E-state index in [0.29, 0.717) is 34.3 Å². The van der Waals surface area contributed by atoms with Crippen molar-refractivity contribution in [1.82, 2.24) is 0 Å². The van der Waals surface area contributed by atoms with E-state index in [9.17, 15) is 4.79 Å². The van der Waals surface area contributed by atoms with Crippen molar-refractivity contribution in [1.29, 1.82) is 0 Å². The van der Waals surface area contributed by atoms with E-state index < -0.39 is 5.97 Å². The minimum atomic E-state index is -0.421. The second kappa shape index (κ2) is 12.7. The molecule has 0 atom stereocenters. The van der Waals surface area contributed by atoms with Crippen LogP contribution in [0.2, 0.25) is 0 Å². The zero-order chi connectivity index (χ0) is 26.1. The molecule has 7 heteroatoms. The Kier molecular flexibility index (Phi) is 9.45. The highest BCUT2D eigenvalue weighted by Gasteiger charge is 2.15. The molecule has 0 N–H and O–H groups in total. The Hall–Kier alpha value is -3.87. The lowest BCUT2D eigenvalue weighted by atomic mass is 9.94. The fraction of sp³-hybridized carbons (Fsp3) is 0.345. The van der Waals surface area contributed by atoms with Gasteiger partial charge in [-0.15, -0.1) is 0 Å². The Morgan fingerprint density at radius 1 is 0.528 bits per heavy atom. The smallest absolute Gasteiger partial charge is 0.341 e. The third kappa shape index (κ3) is 6.22. The van der Waals surface area contributed by atoms with Crippen molar-refractivity contribution >= 4 is 5.97 Å². The molecule has 3 aromatic carbocycles. The Balaban J connectivity index is 1.84. The van der Waals surface area contributed by atoms with Crippen LogP contribution in [0.1, 0.15) is 32.6 Å². The number of aryl methyl sites for hydroxylation is 4. The van der Waals surface area contributed by atoms with Gasteiger partial charge in [0.05, 0.1) is 42.7 Å². The normalized spacial score (nSPS) is 10.5. The number of hydrogen-bond acceptors (Lipinski definition) is 7. The summed E-state index contributed by atoms with van der Waals surface area (Å²) < 4.78 is 32.2. The molecule has 0 bridgehead atoms. The van der Waals surface area contributed by atoms with Crippen LogP contribution in [0.15, 0.2) is 48.5 Å². The van der Waals surface area contributed by atoms with Crippen molar-refractivity contribution < 1.29 is 33.2 Å². The van der Waals surface area contributed by atoms with Crippen molar-refractivity contribution in [2.45, 2.75) is 25.7 Å². The molecular formula is C29H34O7. The molecule has 0 spiro atoms. The molecule has 0 aliphatic rings. The van der Waals surface area contributed by atoms with Crippen LogP contribution in [0.25, 0.3) is 0 Å². The van der Waals surface area contributed by atoms with Gasteiger partial charge in [-0.05, 0) is 84.3 Å². The zero-order valence-corrected chi connectivity index (χ0v) is 21.8. The number of esters is 1. The molecule has 0 aliphatic heterocycles. The van der Waals surface area contributed by atoms with Crippen molar-refractivity contribution in [2.24, 2.45) is 0 Å². The lowest BCUT2D eigenvalue weighted by molar-refractivity contribution is 0.0597. The maximum absolute atomic E-state index is 12.0. The van der Waals surface area contributed by atoms with Gasteiger partial charge in [0.1, 0.15) is 11.3 Å². The van der Waals surface area contributed by atoms with Crippen LogP contribution in [0.4, 0.5) is 0 Å². The molecule has 0 amide bonds. The van der Waals surface area contributed by atoms with Gasteiger partial charge in [-0.25, -0.2) is 4.79 Å². The fourth-order valence-electron chi connectivity index (χ4n) is 4.19. The first-order valence-electron chi connectivity index (χ1n) is 11.7. The molecule has 36 heavy (non-hydrogen) atoms. The molecule has 3 aromatic rings. The van der Waals surface area contributed by atoms with E-state index in [1.54, 1.807) is 41.6 Å². The van der Waals surface area contributed by atoms with E-state index in [0.717, 1.165) is 36.8 Å². The summed E-state index contributed by atoms with van der Waals surface area (Å²) in [6.45, 7) is 0. The largest absolute Gasteiger partial charge is 0.496 e. The van der Waals surface area contributed by atoms with Gasteiger partial charge in [0.15, 0.2) is 23.0 Å². The van der Waals surface area contributed by atoms with Gasteiger partial charge in [-0.3, -0.25) is 0 Å². The van der Waals surface area contributed by atoms with E-state index in [1.807, 2.05) is 30.3 Å². The van der Waals surface area contributed by atoms with E-state index in [4.69, 9.17) is 28.4 Å². The number of carbonyl (C=O) groups is 1. The van der Waals surface area contributed by atoms with Gasteiger partial charge in [0.2, 0.25) is 0 Å². The fourth-order valence-corrected chi connectivity index (χ4v) is 4.19. The summed E-state index contributed by atoms with van der Waals surface area (Å²) in [5.41, 5.74) is 4.96. The second-order valence-corrected chi connectivity index (χ2v) is 8.19. The number of rotatable bonds is 12. The monoisotopic (exact) mass is 494 g/mol. The third-order valence-electron chi connectivity index (χ3n) is 6.19. The molecular weight excluding hydrogens is 460 g/mol. The van der Waals surface area contributed by atoms with Gasteiger partial charge in [-0.1, -0.05) is 12.1 Å². The van der Waals surface area contributed by atoms with Crippen LogP contribution in [-0.4, -0.2) is 48.6 Å². The molecule has 0 saturated heterocycles. The number of carbonyl (C=O) groups excluding carboxylic acids is 1. The molecule has 0 unspecified atom stereocenters. The Morgan fingerprint density at radius 3 is 1.44 bits per heavy atom. The third-order valence-corrected chi connectivity index (χ3v) is 6.19. The first kappa shape index (κ1) is 26.7. The number of methoxy groups -OCH3 is 6. The van der Waals surface area contributed by atoms with Gasteiger partial charge in [-0.2, -0.15) is 0 Å². The zero-order valence-electron chi connectivity index (χ0n) is 21.8. The van der Waals surface area contributed by atoms with E-state index >= 15 is 0 Å². The summed E-state index contributed by atoms with van der Waals surface area (Å²) in [4.78, 5) is 12.0. The summed E-state index contributed by atoms with van der Waals surface area (Å²) >= 11 is 0. The quantitative estimate of drug-likeness (QED) is 0.325. The highest BCUT2D eigenvalue weighted by Crippen LogP contribution is 2.33. The van der Waals surface area contributed by atoms with Gasteiger partial charge in [0, 0.05) is 0 Å². The molecule has 7 nitrogen and oxygen atoms in total. The Labute approximate surface area is 212 Å². The maximum atomic E-state index is 12.0. The van der Waals surface area contributed by atoms with Crippen LogP contribution in [0.5, 0.6) is 28.7 Å². The van der Waals surface area contributed by atoms with E-state index in [2.05, 4.69) is 12.1 Å². The number of benzene rings is 3. The summed E-state index contributed by atoms with van der Waals surface area (Å²) in [6.07, 6.45) is 3.18. The van der Waals surface area contributed by atoms with Gasteiger partial charge >= 0.3 is 5.97 Å². The predicted octanol–water partition coefficient (Wildman–Crippen LogP) is 5.09. The predicted molar refractivity (Wildman–Crippen MR) is 138 cm³/mol. The highest BCUT2D eigenvalue weighted by atomic mass is 16.5. The van der Waals surface area contributed by atoms with Crippen molar-refractivity contribution in [3.8, 4) is 28.7 Å². The number of ether oxygens (including phenoxy) is 6. The van der Waals surface area contributed by atoms with Crippen LogP contribution in [-0.2, 0) is 30.4 Å². The van der Waals surface area contributed by atoms with Gasteiger partial charge < -0.3 is 28.4 Å². The Morgan fingerprint density at radius 2 is 0.972 bits per heavy atom. The van der Waals surface area contributed by atoms with Crippen LogP contribution >= 0.6 is 0 Å². The Bertz CT molecular complexity index is 1190. The first-order valence-corrected chi connectivity index (χ1v) is 11.7. The minimum absolute atomic E-state index is 0.408. The summed E-state index contributed by atoms with van der Waals surface area (Å²) in [6, 6.07) is 15.6. The van der Waals surface area contributed by atoms with Gasteiger partial charge in [0.25, 0.3) is 0 Å². The van der Waals surface area contributed by atoms with E-state index in [-0.39, 0.29) is 0 Å². The van der Waals surface area contributed by atoms with Crippen LogP contribution < -0.4 is 23.7 Å². The second-order valence-electron chi connectivity index (χ2n) is 8.19. The minimum Gasteiger partial charge on any atom is -0.496 e. The molecule has 0 saturated carbocycles. The van der Waals surface area contributed by atoms with Crippen LogP contribution in [0, 0.1) is 0 Å². The van der Waals surface area contributed by atoms with E-state index in [1.165, 1.54) is 18.2 Å². The topological polar surface area (TPSA) is 72.5 Å². The molecule has 3 rings (SSSR count). The van der Waals surface area contributed by atoms with Crippen LogP contribution in [0.3, 0.4) is 0 Å². The van der Waals surface area contributed by atoms with Crippen molar-refractivity contribution in [3.63, 3.8) is 0 Å². The molecule has 0 aromatic heterocycles. The molecule has 0 fully saturated rings. The first-order chi connectivity index (χ1) is 17.5. The van der Waals surface area contributed by atoms with Crippen molar-refractivity contribution in [2.75, 3.05) is 42.7 Å². The highest BCUT2D eigenvalue weighted by molar-refractivity contribution is 5.92. The molecule has 0 aliphatic carbocycles. The average Bonchev–Trinajstić information content (AvgIpc) is 2.93. The lowest BCUT2D eigenvalue weighted by Crippen LogP contribution is -2.05. The maximum Gasteiger partial charge on any atom is 0.341 e. The number of hydrogen-bond donors (Lipinski definition) is 0. The molecule has 0 heterocycles. The standard InChI is InChI=1S/C29H34O7/c1-31-24-14-10-20(16-26(24)33-3)8-12-22-18-28(35-5)27(34-4)17-21(22)11-7-19-9-13-23(29(30)36-6)25(15-19)32-2/h9-10,13-18H,7-8,11-12H2,1-6H3. The average molecular weight is 495 g/mol. The summed E-state index contributed by atoms with van der Waals surface area (Å²) in [5, 5.41) is 0. The van der Waals surface area contributed by atoms with Crippen molar-refractivity contribution in [3.05, 3.63) is 76.3 Å². The molecule has 192 valence electrons. The lowest BCUT2D eigenvalue weighted by Gasteiger charge is -2.16. The summed E-state index contributed by atoms with van der Waals surface area (Å²) in [7, 11) is 9.46. The summed E-state index contributed by atoms with van der Waals surface area (Å²) in [5.74, 6) is 2.90. The molecule has 0 radical (unpaired) electrons.